The van der Waals surface area contributed by atoms with Crippen LogP contribution in [0.4, 0.5) is 5.69 Å². The lowest BCUT2D eigenvalue weighted by molar-refractivity contribution is -0.384. The van der Waals surface area contributed by atoms with Gasteiger partial charge in [-0.3, -0.25) is 14.9 Å². The molecule has 0 N–H and O–H groups in total. The number of nitro benzene ring substituents is 1. The lowest BCUT2D eigenvalue weighted by Crippen LogP contribution is -2.23. The fourth-order valence-corrected chi connectivity index (χ4v) is 4.27. The highest BCUT2D eigenvalue weighted by Gasteiger charge is 2.13. The molecule has 164 valence electrons. The summed E-state index contributed by atoms with van der Waals surface area (Å²) in [6.07, 6.45) is 1.60. The number of benzene rings is 2. The number of fused-ring (bicyclic) bond motifs is 1. The molecule has 0 aliphatic rings. The largest absolute Gasteiger partial charge is 0.486 e. The van der Waals surface area contributed by atoms with Crippen LogP contribution < -0.4 is 14.8 Å². The number of halogens is 1. The second-order valence-corrected chi connectivity index (χ2v) is 8.82. The minimum absolute atomic E-state index is 0.0262. The molecule has 5 aromatic rings. The zero-order valence-corrected chi connectivity index (χ0v) is 19.1. The highest BCUT2D eigenvalue weighted by molar-refractivity contribution is 9.10. The molecule has 3 heterocycles. The molecule has 5 rings (SSSR count). The fourth-order valence-electron chi connectivity index (χ4n) is 3.10. The Kier molecular flexibility index (Phi) is 5.48. The van der Waals surface area contributed by atoms with Crippen molar-refractivity contribution >= 4 is 44.0 Å². The zero-order chi connectivity index (χ0) is 22.9. The number of furan rings is 1. The Hall–Kier alpha value is -3.83. The third-order valence-corrected chi connectivity index (χ3v) is 6.14. The molecule has 0 atom stereocenters. The van der Waals surface area contributed by atoms with Crippen LogP contribution in [0.2, 0.25) is 0 Å². The summed E-state index contributed by atoms with van der Waals surface area (Å²) in [5.41, 5.74) is 0.233. The second kappa shape index (κ2) is 8.60. The number of thiazole rings is 1. The van der Waals surface area contributed by atoms with Crippen LogP contribution in [0, 0.1) is 10.1 Å². The van der Waals surface area contributed by atoms with Crippen molar-refractivity contribution in [3.05, 3.63) is 102 Å². The van der Waals surface area contributed by atoms with Gasteiger partial charge in [0.05, 0.1) is 4.92 Å². The summed E-state index contributed by atoms with van der Waals surface area (Å²) in [6, 6.07) is 16.9. The van der Waals surface area contributed by atoms with E-state index in [-0.39, 0.29) is 17.9 Å². The summed E-state index contributed by atoms with van der Waals surface area (Å²) in [4.78, 5) is 28.1. The van der Waals surface area contributed by atoms with Gasteiger partial charge in [-0.2, -0.15) is 9.50 Å². The third kappa shape index (κ3) is 4.41. The van der Waals surface area contributed by atoms with Gasteiger partial charge >= 0.3 is 0 Å². The highest BCUT2D eigenvalue weighted by Crippen LogP contribution is 2.26. The summed E-state index contributed by atoms with van der Waals surface area (Å²) in [5, 5.41) is 15.2. The van der Waals surface area contributed by atoms with Gasteiger partial charge in [0.15, 0.2) is 5.82 Å². The van der Waals surface area contributed by atoms with E-state index in [4.69, 9.17) is 9.15 Å². The van der Waals surface area contributed by atoms with Crippen molar-refractivity contribution in [3.63, 3.8) is 0 Å². The van der Waals surface area contributed by atoms with E-state index in [1.165, 1.54) is 28.0 Å². The first-order valence-corrected chi connectivity index (χ1v) is 11.2. The van der Waals surface area contributed by atoms with Gasteiger partial charge in [-0.15, -0.1) is 5.10 Å². The Morgan fingerprint density at radius 3 is 2.76 bits per heavy atom. The summed E-state index contributed by atoms with van der Waals surface area (Å²) < 4.78 is 14.0. The van der Waals surface area contributed by atoms with E-state index in [9.17, 15) is 14.9 Å². The first-order chi connectivity index (χ1) is 16.0. The summed E-state index contributed by atoms with van der Waals surface area (Å²) >= 11 is 4.55. The number of nitrogens with zero attached hydrogens (tertiary/aromatic N) is 4. The van der Waals surface area contributed by atoms with Crippen LogP contribution in [0.25, 0.3) is 22.4 Å². The van der Waals surface area contributed by atoms with Crippen molar-refractivity contribution in [1.29, 1.82) is 0 Å². The molecule has 0 spiro atoms. The van der Waals surface area contributed by atoms with Crippen LogP contribution in [-0.2, 0) is 6.61 Å². The van der Waals surface area contributed by atoms with Gasteiger partial charge < -0.3 is 9.15 Å². The normalized spacial score (nSPS) is 11.8. The molecule has 9 nitrogen and oxygen atoms in total. The van der Waals surface area contributed by atoms with Crippen molar-refractivity contribution in [3.8, 4) is 17.1 Å². The molecule has 0 saturated heterocycles. The predicted molar refractivity (Wildman–Crippen MR) is 125 cm³/mol. The van der Waals surface area contributed by atoms with Crippen molar-refractivity contribution in [2.75, 3.05) is 0 Å². The van der Waals surface area contributed by atoms with Crippen LogP contribution in [0.5, 0.6) is 5.75 Å². The molecule has 0 unspecified atom stereocenters. The molecule has 2 aromatic carbocycles. The first kappa shape index (κ1) is 21.0. The number of hydrogen-bond donors (Lipinski definition) is 0. The van der Waals surface area contributed by atoms with Crippen LogP contribution >= 0.6 is 27.3 Å². The van der Waals surface area contributed by atoms with E-state index in [1.807, 2.05) is 24.3 Å². The van der Waals surface area contributed by atoms with Gasteiger partial charge in [-0.05, 0) is 36.4 Å². The summed E-state index contributed by atoms with van der Waals surface area (Å²) in [7, 11) is 0. The summed E-state index contributed by atoms with van der Waals surface area (Å²) in [5.74, 6) is 1.98. The molecular formula is C22H13BrN4O5S. The average molecular weight is 525 g/mol. The monoisotopic (exact) mass is 524 g/mol. The maximum absolute atomic E-state index is 12.7. The Labute approximate surface area is 197 Å². The highest BCUT2D eigenvalue weighted by atomic mass is 79.9. The fraction of sp³-hybridized carbons (Fsp3) is 0.0455. The number of nitro groups is 1. The quantitative estimate of drug-likeness (QED) is 0.241. The summed E-state index contributed by atoms with van der Waals surface area (Å²) in [6.45, 7) is 0.138. The van der Waals surface area contributed by atoms with Crippen LogP contribution in [0.1, 0.15) is 11.6 Å². The van der Waals surface area contributed by atoms with Gasteiger partial charge in [0.25, 0.3) is 11.2 Å². The maximum Gasteiger partial charge on any atom is 0.291 e. The van der Waals surface area contributed by atoms with E-state index in [2.05, 4.69) is 26.0 Å². The molecule has 0 saturated carbocycles. The van der Waals surface area contributed by atoms with Gasteiger partial charge in [0, 0.05) is 28.2 Å². The molecule has 0 radical (unpaired) electrons. The Balaban J connectivity index is 1.37. The van der Waals surface area contributed by atoms with E-state index in [1.54, 1.807) is 30.3 Å². The van der Waals surface area contributed by atoms with E-state index in [0.717, 1.165) is 4.47 Å². The second-order valence-electron chi connectivity index (χ2n) is 6.89. The molecule has 0 aliphatic carbocycles. The number of aromatic nitrogens is 3. The van der Waals surface area contributed by atoms with Crippen molar-refractivity contribution in [2.24, 2.45) is 0 Å². The number of ether oxygens (including phenoxy) is 1. The molecule has 11 heteroatoms. The Morgan fingerprint density at radius 2 is 2.00 bits per heavy atom. The lowest BCUT2D eigenvalue weighted by atomic mass is 10.1. The molecular weight excluding hydrogens is 512 g/mol. The van der Waals surface area contributed by atoms with Gasteiger partial charge in [0.2, 0.25) is 4.96 Å². The number of non-ortho nitro benzene ring substituents is 1. The topological polar surface area (TPSA) is 113 Å². The van der Waals surface area contributed by atoms with E-state index < -0.39 is 4.92 Å². The lowest BCUT2D eigenvalue weighted by Gasteiger charge is -2.02. The van der Waals surface area contributed by atoms with Gasteiger partial charge in [0.1, 0.15) is 28.4 Å². The molecule has 0 aliphatic heterocycles. The standard InChI is InChI=1S/C22H13BrN4O5S/c23-14-4-6-16(7-5-14)31-12-20-24-22-26(25-20)21(28)19(33-22)11-17-8-9-18(32-17)13-2-1-3-15(10-13)27(29)30/h1-11H,12H2/b19-11-. The maximum atomic E-state index is 12.7. The molecule has 33 heavy (non-hydrogen) atoms. The van der Waals surface area contributed by atoms with Crippen molar-refractivity contribution in [2.45, 2.75) is 6.61 Å². The smallest absolute Gasteiger partial charge is 0.291 e. The minimum atomic E-state index is -0.462. The van der Waals surface area contributed by atoms with Crippen LogP contribution in [-0.4, -0.2) is 19.5 Å². The predicted octanol–water partition coefficient (Wildman–Crippen LogP) is 4.21. The van der Waals surface area contributed by atoms with Crippen LogP contribution in [0.15, 0.2) is 74.3 Å². The number of rotatable bonds is 6. The first-order valence-electron chi connectivity index (χ1n) is 9.59. The van der Waals surface area contributed by atoms with Crippen LogP contribution in [0.3, 0.4) is 0 Å². The van der Waals surface area contributed by atoms with Gasteiger partial charge in [-0.25, -0.2) is 0 Å². The van der Waals surface area contributed by atoms with E-state index >= 15 is 0 Å². The average Bonchev–Trinajstić information content (AvgIpc) is 3.51. The zero-order valence-electron chi connectivity index (χ0n) is 16.7. The molecule has 0 bridgehead atoms. The van der Waals surface area contributed by atoms with E-state index in [0.29, 0.717) is 38.2 Å². The Bertz CT molecular complexity index is 1590. The SMILES string of the molecule is O=c1/c(=C/c2ccc(-c3cccc([N+](=O)[O-])c3)o2)sc2nc(COc3ccc(Br)cc3)nn12. The number of hydrogen-bond acceptors (Lipinski definition) is 8. The van der Waals surface area contributed by atoms with Gasteiger partial charge in [-0.1, -0.05) is 39.4 Å². The molecule has 3 aromatic heterocycles. The van der Waals surface area contributed by atoms with Crippen molar-refractivity contribution in [1.82, 2.24) is 14.6 Å². The minimum Gasteiger partial charge on any atom is -0.486 e. The molecule has 0 fully saturated rings. The third-order valence-electron chi connectivity index (χ3n) is 4.65. The Morgan fingerprint density at radius 1 is 1.18 bits per heavy atom. The van der Waals surface area contributed by atoms with Crippen molar-refractivity contribution < 1.29 is 14.1 Å². The molecule has 0 amide bonds.